The van der Waals surface area contributed by atoms with Gasteiger partial charge in [-0.2, -0.15) is 0 Å². The Bertz CT molecular complexity index is 417. The smallest absolute Gasteiger partial charge is 0.0750 e. The van der Waals surface area contributed by atoms with E-state index in [0.717, 1.165) is 30.6 Å². The van der Waals surface area contributed by atoms with Crippen molar-refractivity contribution in [1.82, 2.24) is 0 Å². The summed E-state index contributed by atoms with van der Waals surface area (Å²) in [5.41, 5.74) is 8.51. The van der Waals surface area contributed by atoms with E-state index in [4.69, 9.17) is 10.5 Å². The predicted octanol–water partition coefficient (Wildman–Crippen LogP) is 3.47. The Labute approximate surface area is 124 Å². The average Bonchev–Trinajstić information content (AvgIpc) is 2.88. The molecule has 0 radical (unpaired) electrons. The Morgan fingerprint density at radius 2 is 2.32 bits per heavy atom. The number of nitrogens with zero attached hydrogens (tertiary/aromatic N) is 1. The summed E-state index contributed by atoms with van der Waals surface area (Å²) in [4.78, 5) is 2.37. The number of likely N-dealkylation sites (N-methyl/N-ethyl adjacent to an activating group) is 1. The number of nitrogens with two attached hydrogens (primary N) is 1. The minimum absolute atomic E-state index is 0.0432. The monoisotopic (exact) mass is 326 g/mol. The molecule has 2 N–H and O–H groups in total. The highest BCUT2D eigenvalue weighted by molar-refractivity contribution is 9.10. The highest BCUT2D eigenvalue weighted by Gasteiger charge is 2.21. The van der Waals surface area contributed by atoms with Crippen molar-refractivity contribution in [2.24, 2.45) is 5.73 Å². The summed E-state index contributed by atoms with van der Waals surface area (Å²) in [6.45, 7) is 7.04. The van der Waals surface area contributed by atoms with E-state index >= 15 is 0 Å². The van der Waals surface area contributed by atoms with Crippen LogP contribution in [-0.2, 0) is 4.74 Å². The van der Waals surface area contributed by atoms with E-state index in [1.165, 1.54) is 17.7 Å². The highest BCUT2D eigenvalue weighted by atomic mass is 79.9. The minimum Gasteiger partial charge on any atom is -0.376 e. The van der Waals surface area contributed by atoms with E-state index < -0.39 is 0 Å². The van der Waals surface area contributed by atoms with Gasteiger partial charge in [-0.1, -0.05) is 22.0 Å². The third-order valence-electron chi connectivity index (χ3n) is 3.65. The zero-order valence-corrected chi connectivity index (χ0v) is 13.3. The fourth-order valence-corrected chi connectivity index (χ4v) is 2.96. The van der Waals surface area contributed by atoms with Crippen LogP contribution in [0.25, 0.3) is 0 Å². The second kappa shape index (κ2) is 6.73. The first kappa shape index (κ1) is 14.8. The topological polar surface area (TPSA) is 38.5 Å². The molecule has 0 aromatic heterocycles. The molecule has 1 aromatic carbocycles. The van der Waals surface area contributed by atoms with Crippen molar-refractivity contribution >= 4 is 21.6 Å². The van der Waals surface area contributed by atoms with Gasteiger partial charge < -0.3 is 15.4 Å². The molecular formula is C15H23BrN2O. The Hall–Kier alpha value is -0.580. The van der Waals surface area contributed by atoms with E-state index in [9.17, 15) is 0 Å². The first-order chi connectivity index (χ1) is 9.11. The number of hydrogen-bond donors (Lipinski definition) is 1. The predicted molar refractivity (Wildman–Crippen MR) is 83.6 cm³/mol. The molecule has 1 aliphatic heterocycles. The van der Waals surface area contributed by atoms with Crippen LogP contribution in [0.15, 0.2) is 22.7 Å². The summed E-state index contributed by atoms with van der Waals surface area (Å²) in [7, 11) is 0. The summed E-state index contributed by atoms with van der Waals surface area (Å²) in [6.07, 6.45) is 2.71. The summed E-state index contributed by atoms with van der Waals surface area (Å²) in [5.74, 6) is 0. The molecule has 3 nitrogen and oxygen atoms in total. The molecule has 2 rings (SSSR count). The normalized spacial score (nSPS) is 20.5. The number of ether oxygens (including phenoxy) is 1. The van der Waals surface area contributed by atoms with Crippen LogP contribution in [-0.4, -0.2) is 25.8 Å². The van der Waals surface area contributed by atoms with Crippen LogP contribution >= 0.6 is 15.9 Å². The van der Waals surface area contributed by atoms with Gasteiger partial charge in [0.15, 0.2) is 0 Å². The lowest BCUT2D eigenvalue weighted by Crippen LogP contribution is -2.33. The van der Waals surface area contributed by atoms with Gasteiger partial charge in [0.1, 0.15) is 0 Å². The first-order valence-corrected chi connectivity index (χ1v) is 7.82. The van der Waals surface area contributed by atoms with Gasteiger partial charge >= 0.3 is 0 Å². The maximum atomic E-state index is 6.09. The zero-order chi connectivity index (χ0) is 13.8. The van der Waals surface area contributed by atoms with Crippen molar-refractivity contribution in [2.45, 2.75) is 38.8 Å². The maximum absolute atomic E-state index is 6.09. The van der Waals surface area contributed by atoms with E-state index in [1.54, 1.807) is 0 Å². The molecular weight excluding hydrogens is 304 g/mol. The Balaban J connectivity index is 2.22. The second-order valence-electron chi connectivity index (χ2n) is 5.17. The van der Waals surface area contributed by atoms with Crippen molar-refractivity contribution in [3.05, 3.63) is 28.2 Å². The van der Waals surface area contributed by atoms with Crippen LogP contribution < -0.4 is 10.6 Å². The molecule has 1 saturated heterocycles. The summed E-state index contributed by atoms with van der Waals surface area (Å²) < 4.78 is 6.85. The summed E-state index contributed by atoms with van der Waals surface area (Å²) in [5, 5.41) is 0. The lowest BCUT2D eigenvalue weighted by atomic mass is 10.1. The molecule has 4 heteroatoms. The van der Waals surface area contributed by atoms with Crippen LogP contribution in [0, 0.1) is 0 Å². The number of benzene rings is 1. The molecule has 2 atom stereocenters. The van der Waals surface area contributed by atoms with Gasteiger partial charge in [-0.25, -0.2) is 0 Å². The van der Waals surface area contributed by atoms with Gasteiger partial charge in [0.05, 0.1) is 6.10 Å². The van der Waals surface area contributed by atoms with Gasteiger partial charge in [-0.3, -0.25) is 0 Å². The van der Waals surface area contributed by atoms with Crippen LogP contribution in [0.3, 0.4) is 0 Å². The molecule has 1 aliphatic rings. The molecule has 0 aliphatic carbocycles. The molecule has 0 spiro atoms. The van der Waals surface area contributed by atoms with E-state index in [-0.39, 0.29) is 6.04 Å². The molecule has 0 amide bonds. The fourth-order valence-electron chi connectivity index (χ4n) is 2.61. The number of anilines is 1. The molecule has 1 aromatic rings. The summed E-state index contributed by atoms with van der Waals surface area (Å²) >= 11 is 3.56. The van der Waals surface area contributed by atoms with Crippen LogP contribution in [0.1, 0.15) is 38.3 Å². The van der Waals surface area contributed by atoms with Crippen molar-refractivity contribution < 1.29 is 4.74 Å². The molecule has 106 valence electrons. The van der Waals surface area contributed by atoms with Gasteiger partial charge in [0.25, 0.3) is 0 Å². The standard InChI is InChI=1S/C15H23BrN2O/c1-3-18(10-13-5-4-8-19-13)15-9-12(16)6-7-14(15)11(2)17/h6-7,9,11,13H,3-5,8,10,17H2,1-2H3. The van der Waals surface area contributed by atoms with E-state index in [2.05, 4.69) is 46.0 Å². The van der Waals surface area contributed by atoms with Crippen LogP contribution in [0.2, 0.25) is 0 Å². The fraction of sp³-hybridized carbons (Fsp3) is 0.600. The van der Waals surface area contributed by atoms with E-state index in [1.807, 2.05) is 6.92 Å². The molecule has 0 bridgehead atoms. The van der Waals surface area contributed by atoms with Crippen LogP contribution in [0.4, 0.5) is 5.69 Å². The zero-order valence-electron chi connectivity index (χ0n) is 11.7. The largest absolute Gasteiger partial charge is 0.376 e. The molecule has 0 saturated carbocycles. The number of halogens is 1. The van der Waals surface area contributed by atoms with Gasteiger partial charge in [0.2, 0.25) is 0 Å². The lowest BCUT2D eigenvalue weighted by Gasteiger charge is -2.29. The van der Waals surface area contributed by atoms with Crippen LogP contribution in [0.5, 0.6) is 0 Å². The van der Waals surface area contributed by atoms with Crippen molar-refractivity contribution in [3.8, 4) is 0 Å². The Morgan fingerprint density at radius 3 is 2.89 bits per heavy atom. The van der Waals surface area contributed by atoms with Crippen molar-refractivity contribution in [2.75, 3.05) is 24.6 Å². The number of hydrogen-bond acceptors (Lipinski definition) is 3. The van der Waals surface area contributed by atoms with Crippen molar-refractivity contribution in [1.29, 1.82) is 0 Å². The first-order valence-electron chi connectivity index (χ1n) is 7.03. The summed E-state index contributed by atoms with van der Waals surface area (Å²) in [6, 6.07) is 6.38. The Morgan fingerprint density at radius 1 is 1.53 bits per heavy atom. The maximum Gasteiger partial charge on any atom is 0.0750 e. The van der Waals surface area contributed by atoms with Gasteiger partial charge in [-0.15, -0.1) is 0 Å². The molecule has 2 unspecified atom stereocenters. The van der Waals surface area contributed by atoms with Gasteiger partial charge in [-0.05, 0) is 44.4 Å². The number of rotatable bonds is 5. The SMILES string of the molecule is CCN(CC1CCCO1)c1cc(Br)ccc1C(C)N. The molecule has 1 heterocycles. The third kappa shape index (κ3) is 3.71. The third-order valence-corrected chi connectivity index (χ3v) is 4.15. The lowest BCUT2D eigenvalue weighted by molar-refractivity contribution is 0.115. The van der Waals surface area contributed by atoms with Crippen molar-refractivity contribution in [3.63, 3.8) is 0 Å². The Kier molecular flexibility index (Phi) is 5.25. The molecule has 19 heavy (non-hydrogen) atoms. The van der Waals surface area contributed by atoms with Gasteiger partial charge in [0, 0.05) is 35.9 Å². The average molecular weight is 327 g/mol. The second-order valence-corrected chi connectivity index (χ2v) is 6.08. The quantitative estimate of drug-likeness (QED) is 0.900. The minimum atomic E-state index is 0.0432. The highest BCUT2D eigenvalue weighted by Crippen LogP contribution is 2.29. The van der Waals surface area contributed by atoms with E-state index in [0.29, 0.717) is 6.10 Å². The molecule has 1 fully saturated rings.